The van der Waals surface area contributed by atoms with Gasteiger partial charge in [0.15, 0.2) is 12.3 Å². The maximum atomic E-state index is 11.7. The molecule has 0 radical (unpaired) electrons. The first-order valence-electron chi connectivity index (χ1n) is 5.27. The van der Waals surface area contributed by atoms with Crippen molar-refractivity contribution < 1.29 is 19.1 Å². The number of hydrogen-bond acceptors (Lipinski definition) is 5. The van der Waals surface area contributed by atoms with Gasteiger partial charge in [0.05, 0.1) is 5.52 Å². The number of nitrogens with one attached hydrogen (secondary N) is 2. The predicted molar refractivity (Wildman–Crippen MR) is 64.1 cm³/mol. The Hall–Kier alpha value is -2.90. The van der Waals surface area contributed by atoms with E-state index >= 15 is 0 Å². The van der Waals surface area contributed by atoms with Gasteiger partial charge in [-0.3, -0.25) is 15.2 Å². The first-order chi connectivity index (χ1) is 9.08. The van der Waals surface area contributed by atoms with E-state index in [1.54, 1.807) is 29.6 Å². The van der Waals surface area contributed by atoms with Crippen LogP contribution in [0.5, 0.6) is 0 Å². The molecule has 1 aromatic heterocycles. The van der Waals surface area contributed by atoms with Crippen LogP contribution in [0, 0.1) is 0 Å². The van der Waals surface area contributed by atoms with E-state index in [4.69, 9.17) is 10.5 Å². The Bertz CT molecular complexity index is 649. The molecular weight excluding hydrogens is 252 g/mol. The number of carbonyl (C=O) groups is 3. The second kappa shape index (κ2) is 5.17. The molecule has 1 heterocycles. The smallest absolute Gasteiger partial charge is 0.359 e. The second-order valence-corrected chi connectivity index (χ2v) is 3.61. The Morgan fingerprint density at radius 2 is 2.05 bits per heavy atom. The average Bonchev–Trinajstić information content (AvgIpc) is 2.79. The van der Waals surface area contributed by atoms with Crippen LogP contribution in [0.2, 0.25) is 0 Å². The number of imide groups is 1. The lowest BCUT2D eigenvalue weighted by Gasteiger charge is -2.02. The molecule has 1 aromatic carbocycles. The number of amides is 3. The fourth-order valence-corrected chi connectivity index (χ4v) is 1.49. The molecule has 3 amide bonds. The first-order valence-corrected chi connectivity index (χ1v) is 5.27. The number of fused-ring (bicyclic) bond motifs is 1. The number of nitrogens with two attached hydrogens (primary N) is 1. The van der Waals surface area contributed by atoms with Gasteiger partial charge in [-0.2, -0.15) is 5.10 Å². The second-order valence-electron chi connectivity index (χ2n) is 3.61. The van der Waals surface area contributed by atoms with Crippen molar-refractivity contribution in [1.82, 2.24) is 15.5 Å². The third-order valence-corrected chi connectivity index (χ3v) is 2.26. The van der Waals surface area contributed by atoms with Crippen molar-refractivity contribution in [2.24, 2.45) is 5.73 Å². The lowest BCUT2D eigenvalue weighted by Crippen LogP contribution is -2.37. The van der Waals surface area contributed by atoms with Gasteiger partial charge < -0.3 is 10.5 Å². The quantitative estimate of drug-likeness (QED) is 0.666. The van der Waals surface area contributed by atoms with E-state index < -0.39 is 24.5 Å². The van der Waals surface area contributed by atoms with Crippen molar-refractivity contribution in [3.63, 3.8) is 0 Å². The number of rotatable bonds is 3. The monoisotopic (exact) mass is 262 g/mol. The van der Waals surface area contributed by atoms with Crippen LogP contribution < -0.4 is 11.1 Å². The Morgan fingerprint density at radius 1 is 1.32 bits per heavy atom. The lowest BCUT2D eigenvalue weighted by atomic mass is 10.2. The largest absolute Gasteiger partial charge is 0.451 e. The number of H-pyrrole nitrogens is 1. The van der Waals surface area contributed by atoms with Gasteiger partial charge in [-0.1, -0.05) is 18.2 Å². The highest BCUT2D eigenvalue weighted by Gasteiger charge is 2.16. The number of nitrogens with zero attached hydrogens (tertiary/aromatic N) is 1. The van der Waals surface area contributed by atoms with Crippen LogP contribution in [0.25, 0.3) is 10.9 Å². The van der Waals surface area contributed by atoms with E-state index in [0.717, 1.165) is 0 Å². The molecule has 2 rings (SSSR count). The maximum Gasteiger partial charge on any atom is 0.359 e. The van der Waals surface area contributed by atoms with Gasteiger partial charge in [0.1, 0.15) is 0 Å². The van der Waals surface area contributed by atoms with Crippen molar-refractivity contribution in [3.05, 3.63) is 30.0 Å². The Morgan fingerprint density at radius 3 is 2.79 bits per heavy atom. The number of hydrogen-bond donors (Lipinski definition) is 3. The third kappa shape index (κ3) is 2.86. The number of carbonyl (C=O) groups excluding carboxylic acids is 3. The zero-order chi connectivity index (χ0) is 13.8. The SMILES string of the molecule is NC(=O)NC(=O)COC(=O)c1n[nH]c2ccccc12. The van der Waals surface area contributed by atoms with Crippen LogP contribution in [-0.4, -0.2) is 34.7 Å². The van der Waals surface area contributed by atoms with Gasteiger partial charge in [0, 0.05) is 5.39 Å². The van der Waals surface area contributed by atoms with E-state index in [1.165, 1.54) is 0 Å². The molecule has 4 N–H and O–H groups in total. The number of primary amides is 1. The summed E-state index contributed by atoms with van der Waals surface area (Å²) in [5.41, 5.74) is 5.49. The Labute approximate surface area is 106 Å². The van der Waals surface area contributed by atoms with Gasteiger partial charge in [-0.05, 0) is 6.07 Å². The van der Waals surface area contributed by atoms with Crippen molar-refractivity contribution in [3.8, 4) is 0 Å². The minimum Gasteiger partial charge on any atom is -0.451 e. The van der Waals surface area contributed by atoms with E-state index in [9.17, 15) is 14.4 Å². The van der Waals surface area contributed by atoms with Crippen LogP contribution in [0.1, 0.15) is 10.5 Å². The molecule has 0 spiro atoms. The zero-order valence-corrected chi connectivity index (χ0v) is 9.67. The number of ether oxygens (including phenoxy) is 1. The molecule has 0 aliphatic rings. The summed E-state index contributed by atoms with van der Waals surface area (Å²) in [6, 6.07) is 5.97. The minimum absolute atomic E-state index is 0.0717. The van der Waals surface area contributed by atoms with Crippen LogP contribution in [0.15, 0.2) is 24.3 Å². The average molecular weight is 262 g/mol. The standard InChI is InChI=1S/C11H10N4O4/c12-11(18)13-8(16)5-19-10(17)9-6-3-1-2-4-7(6)14-15-9/h1-4H,5H2,(H,14,15)(H3,12,13,16,18). The zero-order valence-electron chi connectivity index (χ0n) is 9.67. The molecule has 0 unspecified atom stereocenters. The molecular formula is C11H10N4O4. The third-order valence-electron chi connectivity index (χ3n) is 2.26. The summed E-state index contributed by atoms with van der Waals surface area (Å²) in [6.45, 7) is -0.608. The molecule has 0 aliphatic carbocycles. The molecule has 0 fully saturated rings. The summed E-state index contributed by atoms with van der Waals surface area (Å²) in [4.78, 5) is 33.2. The molecule has 0 aliphatic heterocycles. The summed E-state index contributed by atoms with van der Waals surface area (Å²) in [5, 5.41) is 8.84. The van der Waals surface area contributed by atoms with Crippen molar-refractivity contribution >= 4 is 28.8 Å². The van der Waals surface area contributed by atoms with Crippen LogP contribution in [0.3, 0.4) is 0 Å². The van der Waals surface area contributed by atoms with Gasteiger partial charge in [-0.15, -0.1) is 0 Å². The molecule has 8 nitrogen and oxygen atoms in total. The summed E-state index contributed by atoms with van der Waals surface area (Å²) in [7, 11) is 0. The van der Waals surface area contributed by atoms with E-state index in [-0.39, 0.29) is 5.69 Å². The van der Waals surface area contributed by atoms with Gasteiger partial charge >= 0.3 is 12.0 Å². The van der Waals surface area contributed by atoms with Crippen LogP contribution in [0.4, 0.5) is 4.79 Å². The van der Waals surface area contributed by atoms with Crippen LogP contribution in [-0.2, 0) is 9.53 Å². The lowest BCUT2D eigenvalue weighted by molar-refractivity contribution is -0.123. The molecule has 8 heteroatoms. The molecule has 98 valence electrons. The summed E-state index contributed by atoms with van der Waals surface area (Å²) in [6.07, 6.45) is 0. The minimum atomic E-state index is -1.01. The normalized spacial score (nSPS) is 10.1. The van der Waals surface area contributed by atoms with E-state index in [0.29, 0.717) is 10.9 Å². The van der Waals surface area contributed by atoms with Gasteiger partial charge in [0.2, 0.25) is 0 Å². The fourth-order valence-electron chi connectivity index (χ4n) is 1.49. The summed E-state index contributed by atoms with van der Waals surface area (Å²) >= 11 is 0. The highest BCUT2D eigenvalue weighted by molar-refractivity contribution is 6.03. The summed E-state index contributed by atoms with van der Waals surface area (Å²) < 4.78 is 4.72. The number of urea groups is 1. The van der Waals surface area contributed by atoms with Crippen molar-refractivity contribution in [2.75, 3.05) is 6.61 Å². The highest BCUT2D eigenvalue weighted by atomic mass is 16.5. The number of para-hydroxylation sites is 1. The fraction of sp³-hybridized carbons (Fsp3) is 0.0909. The first kappa shape index (κ1) is 12.6. The molecule has 0 bridgehead atoms. The molecule has 0 atom stereocenters. The highest BCUT2D eigenvalue weighted by Crippen LogP contribution is 2.15. The molecule has 2 aromatic rings. The Balaban J connectivity index is 2.04. The summed E-state index contributed by atoms with van der Waals surface area (Å²) in [5.74, 6) is -1.57. The van der Waals surface area contributed by atoms with Crippen LogP contribution >= 0.6 is 0 Å². The number of aromatic amines is 1. The van der Waals surface area contributed by atoms with E-state index in [1.807, 2.05) is 0 Å². The number of aromatic nitrogens is 2. The number of esters is 1. The number of benzene rings is 1. The molecule has 19 heavy (non-hydrogen) atoms. The van der Waals surface area contributed by atoms with Gasteiger partial charge in [-0.25, -0.2) is 9.59 Å². The topological polar surface area (TPSA) is 127 Å². The molecule has 0 saturated carbocycles. The van der Waals surface area contributed by atoms with Crippen molar-refractivity contribution in [2.45, 2.75) is 0 Å². The Kier molecular flexibility index (Phi) is 3.42. The van der Waals surface area contributed by atoms with Gasteiger partial charge in [0.25, 0.3) is 5.91 Å². The van der Waals surface area contributed by atoms with Crippen molar-refractivity contribution in [1.29, 1.82) is 0 Å². The predicted octanol–water partition coefficient (Wildman–Crippen LogP) is -0.0854. The molecule has 0 saturated heterocycles. The van der Waals surface area contributed by atoms with E-state index in [2.05, 4.69) is 10.2 Å². The maximum absolute atomic E-state index is 11.7.